The van der Waals surface area contributed by atoms with Crippen LogP contribution in [0.4, 0.5) is 0 Å². The Morgan fingerprint density at radius 1 is 0.323 bits per heavy atom. The molecule has 0 saturated heterocycles. The van der Waals surface area contributed by atoms with Crippen molar-refractivity contribution in [3.63, 3.8) is 0 Å². The van der Waals surface area contributed by atoms with Gasteiger partial charge in [-0.2, -0.15) is 0 Å². The van der Waals surface area contributed by atoms with Crippen LogP contribution in [0.3, 0.4) is 0 Å². The third kappa shape index (κ3) is 51.4. The molecule has 0 bridgehead atoms. The molecule has 0 rings (SSSR count). The fourth-order valence-corrected chi connectivity index (χ4v) is 7.32. The Balaban J connectivity index is 4.47. The van der Waals surface area contributed by atoms with E-state index in [0.717, 1.165) is 122 Å². The van der Waals surface area contributed by atoms with Gasteiger partial charge < -0.3 is 14.2 Å². The number of ether oxygens (including phenoxy) is 3. The lowest BCUT2D eigenvalue weighted by molar-refractivity contribution is -0.167. The van der Waals surface area contributed by atoms with E-state index in [1.54, 1.807) is 0 Å². The molecule has 0 heterocycles. The molecule has 65 heavy (non-hydrogen) atoms. The van der Waals surface area contributed by atoms with Crippen LogP contribution in [0.5, 0.6) is 0 Å². The summed E-state index contributed by atoms with van der Waals surface area (Å²) in [5, 5.41) is 0. The van der Waals surface area contributed by atoms with Gasteiger partial charge in [-0.05, 0) is 96.3 Å². The maximum atomic E-state index is 12.8. The Morgan fingerprint density at radius 3 is 0.969 bits per heavy atom. The van der Waals surface area contributed by atoms with Crippen LogP contribution in [0.25, 0.3) is 0 Å². The highest BCUT2D eigenvalue weighted by Crippen LogP contribution is 2.15. The highest BCUT2D eigenvalue weighted by atomic mass is 16.6. The third-order valence-corrected chi connectivity index (χ3v) is 11.4. The van der Waals surface area contributed by atoms with Crippen molar-refractivity contribution in [1.29, 1.82) is 0 Å². The SMILES string of the molecule is CC/C=C\C/C=C\C/C=C\C/C=C\CCCCCCC(=O)OC[C@H](COC(=O)CCCCCCCCCCCCCCC)OC(=O)CCCCCC/C=C\C/C=C\C/C=C\CCCCC. The van der Waals surface area contributed by atoms with Gasteiger partial charge in [0, 0.05) is 19.3 Å². The predicted molar refractivity (Wildman–Crippen MR) is 279 cm³/mol. The second-order valence-electron chi connectivity index (χ2n) is 17.8. The van der Waals surface area contributed by atoms with Gasteiger partial charge in [-0.15, -0.1) is 0 Å². The molecule has 0 unspecified atom stereocenters. The van der Waals surface area contributed by atoms with Crippen LogP contribution in [0, 0.1) is 0 Å². The predicted octanol–water partition coefficient (Wildman–Crippen LogP) is 18.0. The van der Waals surface area contributed by atoms with E-state index in [-0.39, 0.29) is 31.1 Å². The molecule has 0 aliphatic carbocycles. The molecule has 0 amide bonds. The molecule has 6 nitrogen and oxygen atoms in total. The van der Waals surface area contributed by atoms with Crippen molar-refractivity contribution < 1.29 is 28.6 Å². The van der Waals surface area contributed by atoms with Crippen LogP contribution in [-0.2, 0) is 28.6 Å². The maximum absolute atomic E-state index is 12.8. The topological polar surface area (TPSA) is 78.9 Å². The molecule has 0 aromatic carbocycles. The molecule has 0 fully saturated rings. The summed E-state index contributed by atoms with van der Waals surface area (Å²) in [5.41, 5.74) is 0. The Hall–Kier alpha value is -3.41. The van der Waals surface area contributed by atoms with E-state index in [1.165, 1.54) is 89.9 Å². The zero-order chi connectivity index (χ0) is 47.2. The highest BCUT2D eigenvalue weighted by molar-refractivity contribution is 5.71. The van der Waals surface area contributed by atoms with Crippen molar-refractivity contribution >= 4 is 17.9 Å². The normalized spacial score (nSPS) is 12.7. The van der Waals surface area contributed by atoms with Gasteiger partial charge in [0.2, 0.25) is 0 Å². The number of allylic oxidation sites excluding steroid dienone is 14. The summed E-state index contributed by atoms with van der Waals surface area (Å²) in [6.45, 7) is 6.46. The Kier molecular flexibility index (Phi) is 50.4. The lowest BCUT2D eigenvalue weighted by Gasteiger charge is -2.18. The number of esters is 3. The van der Waals surface area contributed by atoms with Crippen molar-refractivity contribution in [3.05, 3.63) is 85.1 Å². The van der Waals surface area contributed by atoms with Crippen LogP contribution in [-0.4, -0.2) is 37.2 Å². The zero-order valence-corrected chi connectivity index (χ0v) is 42.5. The molecular formula is C59H100O6. The minimum atomic E-state index is -0.797. The molecule has 0 aliphatic heterocycles. The van der Waals surface area contributed by atoms with Gasteiger partial charge in [0.25, 0.3) is 0 Å². The summed E-state index contributed by atoms with van der Waals surface area (Å²) in [6, 6.07) is 0. The monoisotopic (exact) mass is 905 g/mol. The molecular weight excluding hydrogens is 805 g/mol. The molecule has 1 atom stereocenters. The first-order valence-electron chi connectivity index (χ1n) is 27.1. The second kappa shape index (κ2) is 53.2. The molecule has 0 radical (unpaired) electrons. The number of carbonyl (C=O) groups is 3. The lowest BCUT2D eigenvalue weighted by atomic mass is 10.0. The van der Waals surface area contributed by atoms with Crippen LogP contribution in [0.1, 0.15) is 252 Å². The number of unbranched alkanes of at least 4 members (excludes halogenated alkanes) is 23. The van der Waals surface area contributed by atoms with Crippen molar-refractivity contribution in [2.45, 2.75) is 258 Å². The zero-order valence-electron chi connectivity index (χ0n) is 42.5. The minimum Gasteiger partial charge on any atom is -0.462 e. The first-order chi connectivity index (χ1) is 32.0. The Morgan fingerprint density at radius 2 is 0.600 bits per heavy atom. The average molecular weight is 905 g/mol. The molecule has 0 N–H and O–H groups in total. The van der Waals surface area contributed by atoms with E-state index in [4.69, 9.17) is 14.2 Å². The smallest absolute Gasteiger partial charge is 0.306 e. The highest BCUT2D eigenvalue weighted by Gasteiger charge is 2.19. The summed E-state index contributed by atoms with van der Waals surface area (Å²) in [4.78, 5) is 38.1. The number of hydrogen-bond donors (Lipinski definition) is 0. The van der Waals surface area contributed by atoms with E-state index in [0.29, 0.717) is 19.3 Å². The second-order valence-corrected chi connectivity index (χ2v) is 17.8. The summed E-state index contributed by atoms with van der Waals surface area (Å²) in [7, 11) is 0. The number of rotatable bonds is 48. The van der Waals surface area contributed by atoms with Gasteiger partial charge in [0.1, 0.15) is 13.2 Å². The van der Waals surface area contributed by atoms with Gasteiger partial charge in [-0.25, -0.2) is 0 Å². The molecule has 372 valence electrons. The van der Waals surface area contributed by atoms with Gasteiger partial charge >= 0.3 is 17.9 Å². The summed E-state index contributed by atoms with van der Waals surface area (Å²) >= 11 is 0. The van der Waals surface area contributed by atoms with Gasteiger partial charge in [-0.1, -0.05) is 221 Å². The lowest BCUT2D eigenvalue weighted by Crippen LogP contribution is -2.30. The fraction of sp³-hybridized carbons (Fsp3) is 0.712. The third-order valence-electron chi connectivity index (χ3n) is 11.4. The minimum absolute atomic E-state index is 0.0924. The van der Waals surface area contributed by atoms with Gasteiger partial charge in [0.05, 0.1) is 0 Å². The first-order valence-corrected chi connectivity index (χ1v) is 27.1. The van der Waals surface area contributed by atoms with E-state index >= 15 is 0 Å². The van der Waals surface area contributed by atoms with Crippen molar-refractivity contribution in [2.75, 3.05) is 13.2 Å². The standard InChI is InChI=1S/C59H100O6/c1-4-7-10-13-16-19-22-25-27-29-31-34-37-40-43-46-49-52-58(61)64-55-56(54-63-57(60)51-48-45-42-39-36-33-24-21-18-15-12-9-6-3)65-59(62)53-50-47-44-41-38-35-32-30-28-26-23-20-17-14-11-8-5-2/h7,10,16-17,19-20,25-28,31-32,34-35,56H,4-6,8-9,11-15,18,21-24,29-30,33,36-55H2,1-3H3/b10-7-,19-16-,20-17-,27-25-,28-26-,34-31-,35-32-/t56-/m0/s1. The van der Waals surface area contributed by atoms with E-state index in [9.17, 15) is 14.4 Å². The molecule has 0 aliphatic rings. The summed E-state index contributed by atoms with van der Waals surface area (Å²) in [6.07, 6.45) is 68.5. The first kappa shape index (κ1) is 61.6. The van der Waals surface area contributed by atoms with E-state index in [2.05, 4.69) is 106 Å². The van der Waals surface area contributed by atoms with Crippen LogP contribution >= 0.6 is 0 Å². The quantitative estimate of drug-likeness (QED) is 0.0262. The number of hydrogen-bond acceptors (Lipinski definition) is 6. The largest absolute Gasteiger partial charge is 0.462 e. The average Bonchev–Trinajstić information content (AvgIpc) is 3.30. The molecule has 0 aromatic heterocycles. The Labute approximate surface area is 401 Å². The van der Waals surface area contributed by atoms with E-state index < -0.39 is 6.10 Å². The van der Waals surface area contributed by atoms with Crippen LogP contribution < -0.4 is 0 Å². The van der Waals surface area contributed by atoms with Gasteiger partial charge in [0.15, 0.2) is 6.10 Å². The Bertz CT molecular complexity index is 1270. The molecule has 0 aromatic rings. The molecule has 0 saturated carbocycles. The molecule has 0 spiro atoms. The van der Waals surface area contributed by atoms with Gasteiger partial charge in [-0.3, -0.25) is 14.4 Å². The van der Waals surface area contributed by atoms with Crippen molar-refractivity contribution in [2.24, 2.45) is 0 Å². The maximum Gasteiger partial charge on any atom is 0.306 e. The summed E-state index contributed by atoms with van der Waals surface area (Å²) < 4.78 is 16.8. The van der Waals surface area contributed by atoms with Crippen LogP contribution in [0.15, 0.2) is 85.1 Å². The molecule has 6 heteroatoms. The van der Waals surface area contributed by atoms with Crippen molar-refractivity contribution in [1.82, 2.24) is 0 Å². The fourth-order valence-electron chi connectivity index (χ4n) is 7.32. The van der Waals surface area contributed by atoms with Crippen molar-refractivity contribution in [3.8, 4) is 0 Å². The van der Waals surface area contributed by atoms with Crippen LogP contribution in [0.2, 0.25) is 0 Å². The number of carbonyl (C=O) groups excluding carboxylic acids is 3. The summed E-state index contributed by atoms with van der Waals surface area (Å²) in [5.74, 6) is -0.936. The van der Waals surface area contributed by atoms with E-state index in [1.807, 2.05) is 0 Å².